The van der Waals surface area contributed by atoms with Gasteiger partial charge < -0.3 is 19.5 Å². The minimum absolute atomic E-state index is 0.0677. The average molecular weight is 435 g/mol. The van der Waals surface area contributed by atoms with Crippen LogP contribution >= 0.6 is 0 Å². The molecule has 0 bridgehead atoms. The highest BCUT2D eigenvalue weighted by Crippen LogP contribution is 2.35. The summed E-state index contributed by atoms with van der Waals surface area (Å²) in [5.41, 5.74) is 0.444. The van der Waals surface area contributed by atoms with Crippen molar-refractivity contribution in [1.82, 2.24) is 5.32 Å². The normalized spacial score (nSPS) is 16.8. The summed E-state index contributed by atoms with van der Waals surface area (Å²) >= 11 is 0. The van der Waals surface area contributed by atoms with E-state index in [9.17, 15) is 13.2 Å². The number of hydrogen-bond acceptors (Lipinski definition) is 6. The average Bonchev–Trinajstić information content (AvgIpc) is 2.77. The lowest BCUT2D eigenvalue weighted by Crippen LogP contribution is -2.53. The zero-order valence-electron chi connectivity index (χ0n) is 17.2. The van der Waals surface area contributed by atoms with Gasteiger partial charge >= 0.3 is 0 Å². The standard InChI is InChI=1S/C21H26N2O6S/c1-4-30(25,26)23-13-20(29-19-8-6-5-7-18(19)23)21(24)22-15(2)14-28-17-11-9-16(27-3)10-12-17/h5-12,15,20H,4,13-14H2,1-3H3,(H,22,24)/t15-,20+/m0/s1. The Balaban J connectivity index is 1.63. The highest BCUT2D eigenvalue weighted by atomic mass is 32.2. The zero-order valence-corrected chi connectivity index (χ0v) is 18.0. The van der Waals surface area contributed by atoms with Crippen molar-refractivity contribution < 1.29 is 27.4 Å². The van der Waals surface area contributed by atoms with Crippen LogP contribution in [-0.2, 0) is 14.8 Å². The molecule has 30 heavy (non-hydrogen) atoms. The number of nitrogens with zero attached hydrogens (tertiary/aromatic N) is 1. The van der Waals surface area contributed by atoms with Crippen LogP contribution in [0.1, 0.15) is 13.8 Å². The van der Waals surface area contributed by atoms with E-state index in [0.29, 0.717) is 17.2 Å². The molecule has 1 heterocycles. The summed E-state index contributed by atoms with van der Waals surface area (Å²) < 4.78 is 42.9. The SMILES string of the molecule is CCS(=O)(=O)N1C[C@H](C(=O)N[C@@H](C)COc2ccc(OC)cc2)Oc2ccccc21. The van der Waals surface area contributed by atoms with E-state index in [1.165, 1.54) is 4.31 Å². The monoisotopic (exact) mass is 434 g/mol. The summed E-state index contributed by atoms with van der Waals surface area (Å²) in [5, 5.41) is 2.83. The maximum absolute atomic E-state index is 12.7. The minimum atomic E-state index is -3.54. The zero-order chi connectivity index (χ0) is 21.7. The van der Waals surface area contributed by atoms with Crippen LogP contribution in [0.2, 0.25) is 0 Å². The Labute approximate surface area is 176 Å². The number of amides is 1. The third-order valence-electron chi connectivity index (χ3n) is 4.68. The lowest BCUT2D eigenvalue weighted by atomic mass is 10.2. The maximum Gasteiger partial charge on any atom is 0.263 e. The predicted molar refractivity (Wildman–Crippen MR) is 114 cm³/mol. The quantitative estimate of drug-likeness (QED) is 0.685. The van der Waals surface area contributed by atoms with Crippen LogP contribution in [0.3, 0.4) is 0 Å². The van der Waals surface area contributed by atoms with Gasteiger partial charge in [0.05, 0.1) is 31.1 Å². The second kappa shape index (κ2) is 9.25. The summed E-state index contributed by atoms with van der Waals surface area (Å²) in [6.45, 7) is 3.54. The van der Waals surface area contributed by atoms with Crippen LogP contribution in [0.15, 0.2) is 48.5 Å². The summed E-state index contributed by atoms with van der Waals surface area (Å²) in [7, 11) is -1.95. The first kappa shape index (κ1) is 21.8. The van der Waals surface area contributed by atoms with Crippen molar-refractivity contribution in [3.63, 3.8) is 0 Å². The Morgan fingerprint density at radius 2 is 1.87 bits per heavy atom. The predicted octanol–water partition coefficient (Wildman–Crippen LogP) is 2.20. The summed E-state index contributed by atoms with van der Waals surface area (Å²) in [6, 6.07) is 13.6. The van der Waals surface area contributed by atoms with Gasteiger partial charge in [-0.15, -0.1) is 0 Å². The van der Waals surface area contributed by atoms with Crippen molar-refractivity contribution in [2.75, 3.05) is 30.3 Å². The van der Waals surface area contributed by atoms with Crippen LogP contribution < -0.4 is 23.8 Å². The molecule has 2 aromatic rings. The van der Waals surface area contributed by atoms with Crippen molar-refractivity contribution in [3.05, 3.63) is 48.5 Å². The van der Waals surface area contributed by atoms with Crippen LogP contribution in [0.25, 0.3) is 0 Å². The smallest absolute Gasteiger partial charge is 0.263 e. The van der Waals surface area contributed by atoms with Crippen LogP contribution in [0.4, 0.5) is 5.69 Å². The van der Waals surface area contributed by atoms with Crippen LogP contribution in [0.5, 0.6) is 17.2 Å². The molecular formula is C21H26N2O6S. The number of carbonyl (C=O) groups excluding carboxylic acids is 1. The van der Waals surface area contributed by atoms with Crippen molar-refractivity contribution >= 4 is 21.6 Å². The summed E-state index contributed by atoms with van der Waals surface area (Å²) in [4.78, 5) is 12.7. The molecule has 0 spiro atoms. The van der Waals surface area contributed by atoms with Gasteiger partial charge in [-0.3, -0.25) is 9.10 Å². The van der Waals surface area contributed by atoms with Gasteiger partial charge in [-0.25, -0.2) is 8.42 Å². The number of rotatable bonds is 8. The van der Waals surface area contributed by atoms with Crippen molar-refractivity contribution in [2.24, 2.45) is 0 Å². The Morgan fingerprint density at radius 1 is 1.20 bits per heavy atom. The van der Waals surface area contributed by atoms with E-state index in [-0.39, 0.29) is 24.9 Å². The van der Waals surface area contributed by atoms with E-state index < -0.39 is 22.0 Å². The number of ether oxygens (including phenoxy) is 3. The van der Waals surface area contributed by atoms with E-state index in [1.54, 1.807) is 69.5 Å². The van der Waals surface area contributed by atoms with Gasteiger partial charge in [0.25, 0.3) is 5.91 Å². The van der Waals surface area contributed by atoms with Gasteiger partial charge in [0.15, 0.2) is 6.10 Å². The first-order chi connectivity index (χ1) is 14.3. The topological polar surface area (TPSA) is 94.2 Å². The fourth-order valence-corrected chi connectivity index (χ4v) is 4.15. The van der Waals surface area contributed by atoms with E-state index >= 15 is 0 Å². The molecule has 0 fully saturated rings. The molecule has 0 saturated carbocycles. The molecule has 3 rings (SSSR count). The van der Waals surface area contributed by atoms with E-state index in [0.717, 1.165) is 5.75 Å². The van der Waals surface area contributed by atoms with Crippen molar-refractivity contribution in [2.45, 2.75) is 26.0 Å². The van der Waals surface area contributed by atoms with Crippen molar-refractivity contribution in [1.29, 1.82) is 0 Å². The van der Waals surface area contributed by atoms with Gasteiger partial charge in [-0.1, -0.05) is 12.1 Å². The minimum Gasteiger partial charge on any atom is -0.497 e. The molecule has 1 N–H and O–H groups in total. The number of anilines is 1. The van der Waals surface area contributed by atoms with Crippen LogP contribution in [-0.4, -0.2) is 52.5 Å². The maximum atomic E-state index is 12.7. The second-order valence-corrected chi connectivity index (χ2v) is 9.08. The highest BCUT2D eigenvalue weighted by molar-refractivity contribution is 7.92. The Morgan fingerprint density at radius 3 is 2.53 bits per heavy atom. The van der Waals surface area contributed by atoms with E-state index in [2.05, 4.69) is 5.32 Å². The largest absolute Gasteiger partial charge is 0.497 e. The number of para-hydroxylation sites is 2. The second-order valence-electron chi connectivity index (χ2n) is 6.90. The molecule has 8 nitrogen and oxygen atoms in total. The first-order valence-electron chi connectivity index (χ1n) is 9.67. The van der Waals surface area contributed by atoms with Gasteiger partial charge in [-0.2, -0.15) is 0 Å². The molecule has 1 aliphatic rings. The number of sulfonamides is 1. The number of benzene rings is 2. The third-order valence-corrected chi connectivity index (χ3v) is 6.42. The lowest BCUT2D eigenvalue weighted by Gasteiger charge is -2.34. The molecule has 0 radical (unpaired) electrons. The number of nitrogens with one attached hydrogen (secondary N) is 1. The molecular weight excluding hydrogens is 408 g/mol. The molecule has 0 aliphatic carbocycles. The number of fused-ring (bicyclic) bond motifs is 1. The Kier molecular flexibility index (Phi) is 6.71. The van der Waals surface area contributed by atoms with Gasteiger partial charge in [0.1, 0.15) is 23.9 Å². The summed E-state index contributed by atoms with van der Waals surface area (Å²) in [6.07, 6.45) is -0.954. The van der Waals surface area contributed by atoms with Gasteiger partial charge in [0.2, 0.25) is 10.0 Å². The molecule has 1 amide bonds. The number of carbonyl (C=O) groups is 1. The molecule has 2 aromatic carbocycles. The fraction of sp³-hybridized carbons (Fsp3) is 0.381. The highest BCUT2D eigenvalue weighted by Gasteiger charge is 2.36. The third kappa shape index (κ3) is 4.96. The van der Waals surface area contributed by atoms with Crippen LogP contribution in [0, 0.1) is 0 Å². The molecule has 0 unspecified atom stereocenters. The summed E-state index contributed by atoms with van der Waals surface area (Å²) in [5.74, 6) is 1.28. The Hall–Kier alpha value is -2.94. The first-order valence-corrected chi connectivity index (χ1v) is 11.3. The fourth-order valence-electron chi connectivity index (χ4n) is 3.03. The molecule has 9 heteroatoms. The lowest BCUT2D eigenvalue weighted by molar-refractivity contribution is -0.128. The number of methoxy groups -OCH3 is 1. The molecule has 162 valence electrons. The van der Waals surface area contributed by atoms with Gasteiger partial charge in [-0.05, 0) is 50.2 Å². The number of hydrogen-bond donors (Lipinski definition) is 1. The molecule has 2 atom stereocenters. The van der Waals surface area contributed by atoms with E-state index in [1.807, 2.05) is 0 Å². The Bertz CT molecular complexity index is 977. The molecule has 0 aromatic heterocycles. The van der Waals surface area contributed by atoms with Gasteiger partial charge in [0, 0.05) is 0 Å². The van der Waals surface area contributed by atoms with E-state index in [4.69, 9.17) is 14.2 Å². The molecule has 1 aliphatic heterocycles. The van der Waals surface area contributed by atoms with Crippen molar-refractivity contribution in [3.8, 4) is 17.2 Å². The molecule has 0 saturated heterocycles.